The quantitative estimate of drug-likeness (QED) is 0.787. The second kappa shape index (κ2) is 4.23. The van der Waals surface area contributed by atoms with Crippen molar-refractivity contribution in [2.75, 3.05) is 5.75 Å². The highest BCUT2D eigenvalue weighted by molar-refractivity contribution is 7.99. The minimum absolute atomic E-state index is 0.734. The van der Waals surface area contributed by atoms with Crippen molar-refractivity contribution in [1.29, 1.82) is 0 Å². The van der Waals surface area contributed by atoms with Gasteiger partial charge in [0.15, 0.2) is 11.4 Å². The summed E-state index contributed by atoms with van der Waals surface area (Å²) in [5, 5.41) is 0.984. The molecule has 0 unspecified atom stereocenters. The van der Waals surface area contributed by atoms with E-state index in [-0.39, 0.29) is 0 Å². The molecule has 0 bridgehead atoms. The fraction of sp³-hybridized carbons (Fsp3) is 0.333. The lowest BCUT2D eigenvalue weighted by Gasteiger charge is -2.04. The number of carbonyl (C=O) groups is 1. The summed E-state index contributed by atoms with van der Waals surface area (Å²) < 4.78 is 2.04. The smallest absolute Gasteiger partial charge is 0.169 e. The van der Waals surface area contributed by atoms with Gasteiger partial charge >= 0.3 is 0 Å². The Morgan fingerprint density at radius 3 is 3.05 bits per heavy atom. The Labute approximate surface area is 116 Å². The highest BCUT2D eigenvalue weighted by atomic mass is 32.2. The van der Waals surface area contributed by atoms with E-state index in [2.05, 4.69) is 23.2 Å². The van der Waals surface area contributed by atoms with Crippen LogP contribution in [0.3, 0.4) is 0 Å². The average molecular weight is 270 g/mol. The molecule has 2 heterocycles. The summed E-state index contributed by atoms with van der Waals surface area (Å²) in [4.78, 5) is 16.0. The molecule has 0 saturated heterocycles. The standard InChI is InChI=1S/C15H14N2OS/c18-9-13-14(16-15-17(13)6-7-19-15)12-5-4-10-2-1-3-11(10)8-12/h4-5,8-9H,1-3,6-7H2. The van der Waals surface area contributed by atoms with Crippen molar-refractivity contribution in [2.45, 2.75) is 31.0 Å². The lowest BCUT2D eigenvalue weighted by Crippen LogP contribution is -2.00. The van der Waals surface area contributed by atoms with Gasteiger partial charge in [0.05, 0.1) is 0 Å². The Morgan fingerprint density at radius 2 is 2.16 bits per heavy atom. The number of imidazole rings is 1. The van der Waals surface area contributed by atoms with Gasteiger partial charge in [-0.2, -0.15) is 0 Å². The second-order valence-electron chi connectivity index (χ2n) is 5.08. The number of hydrogen-bond acceptors (Lipinski definition) is 3. The summed E-state index contributed by atoms with van der Waals surface area (Å²) in [6, 6.07) is 6.53. The van der Waals surface area contributed by atoms with Gasteiger partial charge in [0.1, 0.15) is 11.4 Å². The number of aromatic nitrogens is 2. The van der Waals surface area contributed by atoms with Crippen LogP contribution < -0.4 is 0 Å². The van der Waals surface area contributed by atoms with Gasteiger partial charge < -0.3 is 4.57 Å². The van der Waals surface area contributed by atoms with Crippen LogP contribution in [0.5, 0.6) is 0 Å². The Morgan fingerprint density at radius 1 is 1.26 bits per heavy atom. The fourth-order valence-corrected chi connectivity index (χ4v) is 4.01. The highest BCUT2D eigenvalue weighted by Gasteiger charge is 2.23. The molecule has 0 radical (unpaired) electrons. The van der Waals surface area contributed by atoms with E-state index in [1.807, 2.05) is 4.57 Å². The van der Waals surface area contributed by atoms with E-state index in [0.29, 0.717) is 0 Å². The van der Waals surface area contributed by atoms with E-state index in [0.717, 1.165) is 47.1 Å². The highest BCUT2D eigenvalue weighted by Crippen LogP contribution is 2.34. The lowest BCUT2D eigenvalue weighted by atomic mass is 10.0. The predicted molar refractivity (Wildman–Crippen MR) is 75.8 cm³/mol. The molecule has 2 aromatic rings. The molecule has 0 fully saturated rings. The average Bonchev–Trinajstić information content (AvgIpc) is 3.12. The summed E-state index contributed by atoms with van der Waals surface area (Å²) in [5.74, 6) is 1.02. The molecule has 0 N–H and O–H groups in total. The van der Waals surface area contributed by atoms with Gasteiger partial charge in [0.2, 0.25) is 0 Å². The first-order valence-electron chi connectivity index (χ1n) is 6.67. The van der Waals surface area contributed by atoms with Crippen molar-refractivity contribution in [1.82, 2.24) is 9.55 Å². The second-order valence-corrected chi connectivity index (χ2v) is 6.15. The zero-order chi connectivity index (χ0) is 12.8. The van der Waals surface area contributed by atoms with E-state index < -0.39 is 0 Å². The lowest BCUT2D eigenvalue weighted by molar-refractivity contribution is 0.111. The van der Waals surface area contributed by atoms with Gasteiger partial charge in [-0.15, -0.1) is 0 Å². The third-order valence-electron chi connectivity index (χ3n) is 4.00. The molecule has 4 rings (SSSR count). The van der Waals surface area contributed by atoms with Crippen LogP contribution in [0.25, 0.3) is 11.3 Å². The largest absolute Gasteiger partial charge is 0.315 e. The maximum Gasteiger partial charge on any atom is 0.169 e. The van der Waals surface area contributed by atoms with Crippen LogP contribution in [-0.2, 0) is 19.4 Å². The van der Waals surface area contributed by atoms with E-state index in [1.54, 1.807) is 11.8 Å². The van der Waals surface area contributed by atoms with Crippen LogP contribution in [0.4, 0.5) is 0 Å². The Balaban J connectivity index is 1.86. The zero-order valence-corrected chi connectivity index (χ0v) is 11.4. The maximum atomic E-state index is 11.4. The summed E-state index contributed by atoms with van der Waals surface area (Å²) in [6.07, 6.45) is 4.54. The molecule has 2 aliphatic rings. The van der Waals surface area contributed by atoms with E-state index >= 15 is 0 Å². The van der Waals surface area contributed by atoms with Crippen molar-refractivity contribution >= 4 is 18.0 Å². The Kier molecular flexibility index (Phi) is 2.52. The van der Waals surface area contributed by atoms with Gasteiger partial charge in [0, 0.05) is 17.9 Å². The summed E-state index contributed by atoms with van der Waals surface area (Å²) >= 11 is 1.73. The van der Waals surface area contributed by atoms with E-state index in [4.69, 9.17) is 0 Å². The topological polar surface area (TPSA) is 34.9 Å². The number of thioether (sulfide) groups is 1. The fourth-order valence-electron chi connectivity index (χ4n) is 3.05. The maximum absolute atomic E-state index is 11.4. The molecule has 4 heteroatoms. The predicted octanol–water partition coefficient (Wildman–Crippen LogP) is 2.96. The van der Waals surface area contributed by atoms with Crippen molar-refractivity contribution in [3.8, 4) is 11.3 Å². The molecular weight excluding hydrogens is 256 g/mol. The molecule has 0 atom stereocenters. The summed E-state index contributed by atoms with van der Waals surface area (Å²) in [7, 11) is 0. The number of aldehydes is 1. The normalized spacial score (nSPS) is 16.4. The van der Waals surface area contributed by atoms with Crippen LogP contribution in [0.1, 0.15) is 28.0 Å². The first-order valence-corrected chi connectivity index (χ1v) is 7.66. The van der Waals surface area contributed by atoms with Crippen molar-refractivity contribution in [2.24, 2.45) is 0 Å². The molecule has 0 amide bonds. The summed E-state index contributed by atoms with van der Waals surface area (Å²) in [5.41, 5.74) is 5.56. The zero-order valence-electron chi connectivity index (χ0n) is 10.6. The van der Waals surface area contributed by atoms with Gasteiger partial charge in [0.25, 0.3) is 0 Å². The van der Waals surface area contributed by atoms with Crippen LogP contribution >= 0.6 is 11.8 Å². The Hall–Kier alpha value is -1.55. The van der Waals surface area contributed by atoms with Gasteiger partial charge in [-0.1, -0.05) is 23.9 Å². The molecule has 3 nitrogen and oxygen atoms in total. The minimum Gasteiger partial charge on any atom is -0.315 e. The van der Waals surface area contributed by atoms with Gasteiger partial charge in [-0.3, -0.25) is 4.79 Å². The van der Waals surface area contributed by atoms with Gasteiger partial charge in [-0.25, -0.2) is 4.98 Å². The van der Waals surface area contributed by atoms with Crippen LogP contribution in [0.15, 0.2) is 23.4 Å². The van der Waals surface area contributed by atoms with E-state index in [1.165, 1.54) is 24.0 Å². The molecule has 19 heavy (non-hydrogen) atoms. The monoisotopic (exact) mass is 270 g/mol. The first kappa shape index (κ1) is 11.3. The van der Waals surface area contributed by atoms with E-state index in [9.17, 15) is 4.79 Å². The van der Waals surface area contributed by atoms with Crippen LogP contribution in [0, 0.1) is 0 Å². The molecular formula is C15H14N2OS. The molecule has 1 aliphatic carbocycles. The van der Waals surface area contributed by atoms with Crippen LogP contribution in [-0.4, -0.2) is 21.6 Å². The van der Waals surface area contributed by atoms with Gasteiger partial charge in [-0.05, 0) is 36.5 Å². The number of fused-ring (bicyclic) bond motifs is 2. The third-order valence-corrected chi connectivity index (χ3v) is 4.96. The number of rotatable bonds is 2. The summed E-state index contributed by atoms with van der Waals surface area (Å²) in [6.45, 7) is 0.895. The Bertz CT molecular complexity index is 675. The number of carbonyl (C=O) groups excluding carboxylic acids is 1. The third kappa shape index (κ3) is 1.66. The SMILES string of the molecule is O=Cc1c(-c2ccc3c(c2)CCC3)nc2n1CCS2. The minimum atomic E-state index is 0.734. The van der Waals surface area contributed by atoms with Crippen molar-refractivity contribution < 1.29 is 4.79 Å². The van der Waals surface area contributed by atoms with Crippen molar-refractivity contribution in [3.05, 3.63) is 35.0 Å². The molecule has 1 aromatic heterocycles. The number of aryl methyl sites for hydroxylation is 2. The molecule has 1 aliphatic heterocycles. The molecule has 0 spiro atoms. The molecule has 0 saturated carbocycles. The first-order chi connectivity index (χ1) is 9.36. The number of nitrogens with zero attached hydrogens (tertiary/aromatic N) is 2. The number of hydrogen-bond donors (Lipinski definition) is 0. The number of benzene rings is 1. The molecule has 96 valence electrons. The molecule has 1 aromatic carbocycles. The van der Waals surface area contributed by atoms with Crippen LogP contribution in [0.2, 0.25) is 0 Å². The van der Waals surface area contributed by atoms with Crippen molar-refractivity contribution in [3.63, 3.8) is 0 Å².